The molecule has 1 aromatic carbocycles. The average molecular weight is 322 g/mol. The molecule has 3 aliphatic rings. The Balaban J connectivity index is 1.71. The maximum atomic E-state index is 12.9. The summed E-state index contributed by atoms with van der Waals surface area (Å²) in [6.07, 6.45) is 4.09. The molecule has 24 heavy (non-hydrogen) atoms. The van der Waals surface area contributed by atoms with Crippen LogP contribution in [-0.2, 0) is 9.59 Å². The van der Waals surface area contributed by atoms with Crippen LogP contribution in [0.2, 0.25) is 0 Å². The van der Waals surface area contributed by atoms with Crippen molar-refractivity contribution in [2.45, 2.75) is 13.8 Å². The Hall–Kier alpha value is -2.69. The Morgan fingerprint density at radius 3 is 1.88 bits per heavy atom. The highest BCUT2D eigenvalue weighted by atomic mass is 16.4. The molecule has 5 nitrogen and oxygen atoms in total. The molecule has 4 atom stereocenters. The highest BCUT2D eigenvalue weighted by molar-refractivity contribution is 6.23. The summed E-state index contributed by atoms with van der Waals surface area (Å²) in [6.45, 7) is 4.05. The minimum Gasteiger partial charge on any atom is -0.545 e. The summed E-state index contributed by atoms with van der Waals surface area (Å²) < 4.78 is 0. The zero-order chi connectivity index (χ0) is 17.2. The predicted molar refractivity (Wildman–Crippen MR) is 84.7 cm³/mol. The van der Waals surface area contributed by atoms with Crippen molar-refractivity contribution in [2.75, 3.05) is 4.90 Å². The van der Waals surface area contributed by atoms with E-state index in [0.717, 1.165) is 0 Å². The number of hydrogen-bond donors (Lipinski definition) is 0. The number of benzene rings is 1. The zero-order valence-corrected chi connectivity index (χ0v) is 13.4. The van der Waals surface area contributed by atoms with Gasteiger partial charge in [0.2, 0.25) is 11.8 Å². The quantitative estimate of drug-likeness (QED) is 0.607. The fourth-order valence-corrected chi connectivity index (χ4v) is 4.43. The molecule has 122 valence electrons. The minimum absolute atomic E-state index is 0.00828. The number of carbonyl (C=O) groups excluding carboxylic acids is 3. The summed E-state index contributed by atoms with van der Waals surface area (Å²) >= 11 is 0. The number of allylic oxidation sites excluding steroid dienone is 4. The Morgan fingerprint density at radius 2 is 1.46 bits per heavy atom. The summed E-state index contributed by atoms with van der Waals surface area (Å²) in [4.78, 5) is 37.8. The maximum absolute atomic E-state index is 12.9. The molecule has 0 radical (unpaired) electrons. The Kier molecular flexibility index (Phi) is 3.04. The van der Waals surface area contributed by atoms with E-state index >= 15 is 0 Å². The van der Waals surface area contributed by atoms with Crippen LogP contribution in [0.5, 0.6) is 0 Å². The van der Waals surface area contributed by atoms with E-state index in [0.29, 0.717) is 5.69 Å². The van der Waals surface area contributed by atoms with Crippen LogP contribution in [0.1, 0.15) is 24.2 Å². The van der Waals surface area contributed by atoms with Gasteiger partial charge < -0.3 is 9.90 Å². The van der Waals surface area contributed by atoms with Crippen LogP contribution in [0.3, 0.4) is 0 Å². The van der Waals surface area contributed by atoms with Gasteiger partial charge in [-0.3, -0.25) is 9.59 Å². The van der Waals surface area contributed by atoms with Crippen molar-refractivity contribution < 1.29 is 19.5 Å². The molecular formula is C19H16NO4-. The first-order valence-corrected chi connectivity index (χ1v) is 7.96. The van der Waals surface area contributed by atoms with E-state index in [9.17, 15) is 19.5 Å². The lowest BCUT2D eigenvalue weighted by Gasteiger charge is -2.19. The monoisotopic (exact) mass is 322 g/mol. The standard InChI is InChI=1S/C19H17NO4/c1-9(2)14-12-7-8-13(14)16-15(12)17(21)20(18(16)22)11-5-3-10(4-6-11)19(23)24/h3-8,12-13,15-16H,1-2H3,(H,23,24)/p-1/t12-,13-,15-,16-/m1/s1. The molecule has 4 rings (SSSR count). The van der Waals surface area contributed by atoms with Gasteiger partial charge in [0.05, 0.1) is 23.5 Å². The second-order valence-electron chi connectivity index (χ2n) is 6.79. The van der Waals surface area contributed by atoms with E-state index < -0.39 is 5.97 Å². The van der Waals surface area contributed by atoms with Gasteiger partial charge in [-0.25, -0.2) is 4.90 Å². The zero-order valence-electron chi connectivity index (χ0n) is 13.4. The van der Waals surface area contributed by atoms with Gasteiger partial charge in [0, 0.05) is 11.8 Å². The Bertz CT molecular complexity index is 795. The number of aromatic carboxylic acids is 1. The molecule has 2 fully saturated rings. The third kappa shape index (κ3) is 1.78. The van der Waals surface area contributed by atoms with Gasteiger partial charge in [-0.2, -0.15) is 0 Å². The first-order valence-electron chi connectivity index (χ1n) is 7.96. The largest absolute Gasteiger partial charge is 0.545 e. The van der Waals surface area contributed by atoms with Crippen LogP contribution in [0.4, 0.5) is 5.69 Å². The van der Waals surface area contributed by atoms with Crippen molar-refractivity contribution in [1.82, 2.24) is 0 Å². The fraction of sp³-hybridized carbons (Fsp3) is 0.316. The summed E-state index contributed by atoms with van der Waals surface area (Å²) in [5.74, 6) is -2.32. The number of imide groups is 1. The SMILES string of the molecule is CC(C)=C1[C@H]2C=C[C@H]1[C@H]1C(=O)N(c3ccc(C(=O)[O-])cc3)C(=O)[C@@H]12. The second kappa shape index (κ2) is 4.90. The number of carboxylic acids is 1. The van der Waals surface area contributed by atoms with Gasteiger partial charge in [0.15, 0.2) is 0 Å². The van der Waals surface area contributed by atoms with Gasteiger partial charge in [-0.05, 0) is 31.5 Å². The highest BCUT2D eigenvalue weighted by Crippen LogP contribution is 2.57. The van der Waals surface area contributed by atoms with Gasteiger partial charge in [-0.15, -0.1) is 0 Å². The molecule has 0 spiro atoms. The van der Waals surface area contributed by atoms with Crippen molar-refractivity contribution in [3.8, 4) is 0 Å². The van der Waals surface area contributed by atoms with Crippen molar-refractivity contribution in [3.05, 3.63) is 53.1 Å². The number of fused-ring (bicyclic) bond motifs is 5. The lowest BCUT2D eigenvalue weighted by molar-refractivity contribution is -0.255. The van der Waals surface area contributed by atoms with Gasteiger partial charge in [0.25, 0.3) is 0 Å². The van der Waals surface area contributed by atoms with Crippen molar-refractivity contribution in [3.63, 3.8) is 0 Å². The van der Waals surface area contributed by atoms with Gasteiger partial charge in [-0.1, -0.05) is 35.4 Å². The van der Waals surface area contributed by atoms with Crippen molar-refractivity contribution >= 4 is 23.5 Å². The number of hydrogen-bond acceptors (Lipinski definition) is 4. The van der Waals surface area contributed by atoms with E-state index in [1.807, 2.05) is 26.0 Å². The lowest BCUT2D eigenvalue weighted by atomic mass is 9.85. The van der Waals surface area contributed by atoms with Crippen molar-refractivity contribution in [2.24, 2.45) is 23.7 Å². The van der Waals surface area contributed by atoms with Crippen molar-refractivity contribution in [1.29, 1.82) is 0 Å². The number of amides is 2. The first-order chi connectivity index (χ1) is 11.4. The topological polar surface area (TPSA) is 77.5 Å². The first kappa shape index (κ1) is 14.9. The summed E-state index contributed by atoms with van der Waals surface area (Å²) in [5.41, 5.74) is 2.82. The molecular weight excluding hydrogens is 306 g/mol. The number of carbonyl (C=O) groups is 3. The van der Waals surface area contributed by atoms with Crippen LogP contribution in [0.15, 0.2) is 47.6 Å². The van der Waals surface area contributed by atoms with Gasteiger partial charge >= 0.3 is 0 Å². The molecule has 2 amide bonds. The molecule has 0 N–H and O–H groups in total. The second-order valence-corrected chi connectivity index (χ2v) is 6.79. The van der Waals surface area contributed by atoms with E-state index in [2.05, 4.69) is 0 Å². The summed E-state index contributed by atoms with van der Waals surface area (Å²) in [6, 6.07) is 5.68. The number of rotatable bonds is 2. The van der Waals surface area contributed by atoms with Crippen LogP contribution in [0, 0.1) is 23.7 Å². The van der Waals surface area contributed by atoms with Crippen LogP contribution in [0.25, 0.3) is 0 Å². The van der Waals surface area contributed by atoms with E-state index in [1.165, 1.54) is 40.3 Å². The lowest BCUT2D eigenvalue weighted by Crippen LogP contribution is -2.33. The molecule has 1 heterocycles. The molecule has 1 aliphatic heterocycles. The van der Waals surface area contributed by atoms with E-state index in [-0.39, 0.29) is 41.0 Å². The summed E-state index contributed by atoms with van der Waals surface area (Å²) in [5, 5.41) is 10.8. The minimum atomic E-state index is -1.28. The average Bonchev–Trinajstić information content (AvgIpc) is 3.18. The molecule has 2 bridgehead atoms. The number of nitrogens with zero attached hydrogens (tertiary/aromatic N) is 1. The number of anilines is 1. The molecule has 1 saturated heterocycles. The molecule has 5 heteroatoms. The Labute approximate surface area is 139 Å². The molecule has 1 saturated carbocycles. The van der Waals surface area contributed by atoms with Crippen LogP contribution in [-0.4, -0.2) is 17.8 Å². The predicted octanol–water partition coefficient (Wildman–Crippen LogP) is 1.31. The van der Waals surface area contributed by atoms with Gasteiger partial charge in [0.1, 0.15) is 0 Å². The molecule has 1 aromatic rings. The molecule has 0 aromatic heterocycles. The van der Waals surface area contributed by atoms with E-state index in [1.54, 1.807) is 0 Å². The van der Waals surface area contributed by atoms with E-state index in [4.69, 9.17) is 0 Å². The Morgan fingerprint density at radius 1 is 0.958 bits per heavy atom. The third-order valence-corrected chi connectivity index (χ3v) is 5.35. The number of carboxylic acid groups (broad SMARTS) is 1. The maximum Gasteiger partial charge on any atom is 0.238 e. The van der Waals surface area contributed by atoms with Crippen LogP contribution >= 0.6 is 0 Å². The smallest absolute Gasteiger partial charge is 0.238 e. The third-order valence-electron chi connectivity index (χ3n) is 5.35. The normalized spacial score (nSPS) is 30.2. The molecule has 2 aliphatic carbocycles. The van der Waals surface area contributed by atoms with Crippen LogP contribution < -0.4 is 10.0 Å². The molecule has 0 unspecified atom stereocenters. The fourth-order valence-electron chi connectivity index (χ4n) is 4.43. The summed E-state index contributed by atoms with van der Waals surface area (Å²) in [7, 11) is 0. The highest BCUT2D eigenvalue weighted by Gasteiger charge is 2.61.